The van der Waals surface area contributed by atoms with Crippen LogP contribution in [0.15, 0.2) is 24.3 Å². The molecule has 0 radical (unpaired) electrons. The van der Waals surface area contributed by atoms with Crippen LogP contribution in [0.4, 0.5) is 0 Å². The van der Waals surface area contributed by atoms with Crippen LogP contribution in [0.2, 0.25) is 0 Å². The van der Waals surface area contributed by atoms with Gasteiger partial charge in [-0.2, -0.15) is 0 Å². The van der Waals surface area contributed by atoms with Crippen molar-refractivity contribution in [2.24, 2.45) is 0 Å². The first-order valence-corrected chi connectivity index (χ1v) is 8.21. The summed E-state index contributed by atoms with van der Waals surface area (Å²) >= 11 is 4.15. The Morgan fingerprint density at radius 3 is 1.76 bits per heavy atom. The monoisotopic (exact) mass is 260 g/mol. The van der Waals surface area contributed by atoms with E-state index in [4.69, 9.17) is 0 Å². The van der Waals surface area contributed by atoms with Crippen molar-refractivity contribution in [2.75, 3.05) is 0 Å². The second-order valence-corrected chi connectivity index (χ2v) is 7.65. The van der Waals surface area contributed by atoms with E-state index in [1.807, 2.05) is 0 Å². The van der Waals surface area contributed by atoms with E-state index in [1.165, 1.54) is 32.1 Å². The van der Waals surface area contributed by atoms with Gasteiger partial charge in [0, 0.05) is 31.3 Å². The minimum absolute atomic E-state index is 0.832. The largest absolute Gasteiger partial charge is 0.145 e. The SMILES string of the molecule is c1cc2sc1CCCc1ccc(s1)C1CCC21. The summed E-state index contributed by atoms with van der Waals surface area (Å²) in [6.07, 6.45) is 6.66. The zero-order chi connectivity index (χ0) is 11.2. The second-order valence-electron chi connectivity index (χ2n) is 5.25. The van der Waals surface area contributed by atoms with Gasteiger partial charge in [-0.05, 0) is 56.4 Å². The average Bonchev–Trinajstić information content (AvgIpc) is 2.86. The zero-order valence-electron chi connectivity index (χ0n) is 9.82. The molecular weight excluding hydrogens is 244 g/mol. The highest BCUT2D eigenvalue weighted by Crippen LogP contribution is 2.52. The van der Waals surface area contributed by atoms with Crippen LogP contribution in [-0.2, 0) is 12.8 Å². The van der Waals surface area contributed by atoms with Crippen molar-refractivity contribution in [2.45, 2.75) is 43.9 Å². The summed E-state index contributed by atoms with van der Waals surface area (Å²) in [7, 11) is 0. The quantitative estimate of drug-likeness (QED) is 0.628. The molecule has 2 aliphatic rings. The summed E-state index contributed by atoms with van der Waals surface area (Å²) in [5, 5.41) is 0. The molecule has 3 heterocycles. The molecule has 1 saturated carbocycles. The first-order valence-electron chi connectivity index (χ1n) is 6.57. The molecule has 88 valence electrons. The maximum atomic E-state index is 2.40. The van der Waals surface area contributed by atoms with Crippen LogP contribution >= 0.6 is 22.7 Å². The van der Waals surface area contributed by atoms with Crippen molar-refractivity contribution in [3.63, 3.8) is 0 Å². The van der Waals surface area contributed by atoms with Crippen LogP contribution in [0.1, 0.15) is 50.6 Å². The summed E-state index contributed by atoms with van der Waals surface area (Å²) < 4.78 is 0. The molecule has 0 N–H and O–H groups in total. The first kappa shape index (κ1) is 10.3. The molecule has 0 spiro atoms. The fourth-order valence-corrected chi connectivity index (χ4v) is 5.58. The van der Waals surface area contributed by atoms with Gasteiger partial charge in [-0.3, -0.25) is 0 Å². The molecule has 1 fully saturated rings. The van der Waals surface area contributed by atoms with Crippen LogP contribution in [0.5, 0.6) is 0 Å². The fraction of sp³-hybridized carbons (Fsp3) is 0.467. The second kappa shape index (κ2) is 3.96. The standard InChI is InChI=1S/C15H16S2/c1-2-10-4-8-14(16-10)12-6-7-13(12)15-9-5-11(3-1)17-15/h4-5,8-9,12-13H,1-3,6-7H2. The summed E-state index contributed by atoms with van der Waals surface area (Å²) in [4.78, 5) is 6.49. The summed E-state index contributed by atoms with van der Waals surface area (Å²) in [5.41, 5.74) is 0. The van der Waals surface area contributed by atoms with Crippen molar-refractivity contribution in [1.29, 1.82) is 0 Å². The Balaban J connectivity index is 1.77. The minimum Gasteiger partial charge on any atom is -0.145 e. The molecule has 0 nitrogen and oxygen atoms in total. The number of aryl methyl sites for hydroxylation is 2. The van der Waals surface area contributed by atoms with Gasteiger partial charge in [0.1, 0.15) is 0 Å². The van der Waals surface area contributed by atoms with Crippen LogP contribution < -0.4 is 0 Å². The molecule has 2 heteroatoms. The third kappa shape index (κ3) is 1.69. The van der Waals surface area contributed by atoms with Crippen LogP contribution in [0.25, 0.3) is 0 Å². The molecule has 1 aliphatic heterocycles. The van der Waals surface area contributed by atoms with Gasteiger partial charge in [0.15, 0.2) is 0 Å². The van der Waals surface area contributed by atoms with E-state index in [2.05, 4.69) is 46.9 Å². The Labute approximate surface area is 110 Å². The van der Waals surface area contributed by atoms with Crippen molar-refractivity contribution in [3.05, 3.63) is 43.8 Å². The maximum absolute atomic E-state index is 2.40. The first-order chi connectivity index (χ1) is 8.40. The van der Waals surface area contributed by atoms with E-state index in [1.54, 1.807) is 19.5 Å². The van der Waals surface area contributed by atoms with E-state index in [-0.39, 0.29) is 0 Å². The zero-order valence-corrected chi connectivity index (χ0v) is 11.4. The number of thiophene rings is 2. The lowest BCUT2D eigenvalue weighted by Crippen LogP contribution is -2.19. The van der Waals surface area contributed by atoms with Gasteiger partial charge in [0.25, 0.3) is 0 Å². The van der Waals surface area contributed by atoms with E-state index in [9.17, 15) is 0 Å². The average molecular weight is 260 g/mol. The molecular formula is C15H16S2. The molecule has 1 aliphatic carbocycles. The lowest BCUT2D eigenvalue weighted by atomic mass is 9.72. The molecule has 2 aromatic heterocycles. The van der Waals surface area contributed by atoms with Crippen molar-refractivity contribution < 1.29 is 0 Å². The molecule has 17 heavy (non-hydrogen) atoms. The fourth-order valence-electron chi connectivity index (χ4n) is 3.07. The topological polar surface area (TPSA) is 0 Å². The van der Waals surface area contributed by atoms with Gasteiger partial charge in [0.2, 0.25) is 0 Å². The minimum atomic E-state index is 0.832. The van der Waals surface area contributed by atoms with Crippen molar-refractivity contribution in [3.8, 4) is 0 Å². The third-order valence-electron chi connectivity index (χ3n) is 4.22. The Bertz CT molecular complexity index is 486. The van der Waals surface area contributed by atoms with Gasteiger partial charge in [0.05, 0.1) is 0 Å². The van der Waals surface area contributed by atoms with Crippen molar-refractivity contribution in [1.82, 2.24) is 0 Å². The molecule has 4 rings (SSSR count). The smallest absolute Gasteiger partial charge is 0.00855 e. The molecule has 4 bridgehead atoms. The van der Waals surface area contributed by atoms with Gasteiger partial charge >= 0.3 is 0 Å². The normalized spacial score (nSPS) is 26.8. The third-order valence-corrected chi connectivity index (χ3v) is 6.77. The number of hydrogen-bond donors (Lipinski definition) is 0. The lowest BCUT2D eigenvalue weighted by Gasteiger charge is -2.35. The molecule has 2 atom stereocenters. The van der Waals surface area contributed by atoms with Crippen LogP contribution in [0.3, 0.4) is 0 Å². The summed E-state index contributed by atoms with van der Waals surface area (Å²) in [6.45, 7) is 0. The molecule has 0 saturated heterocycles. The van der Waals surface area contributed by atoms with Gasteiger partial charge in [-0.1, -0.05) is 0 Å². The van der Waals surface area contributed by atoms with E-state index < -0.39 is 0 Å². The van der Waals surface area contributed by atoms with Crippen LogP contribution in [0, 0.1) is 0 Å². The maximum Gasteiger partial charge on any atom is 0.00855 e. The Kier molecular flexibility index (Phi) is 2.41. The number of fused-ring (bicyclic) bond motifs is 7. The Morgan fingerprint density at radius 1 is 0.765 bits per heavy atom. The van der Waals surface area contributed by atoms with Gasteiger partial charge in [-0.25, -0.2) is 0 Å². The molecule has 2 aromatic rings. The molecule has 0 aromatic carbocycles. The van der Waals surface area contributed by atoms with Crippen LogP contribution in [-0.4, -0.2) is 0 Å². The highest BCUT2D eigenvalue weighted by Gasteiger charge is 2.35. The Morgan fingerprint density at radius 2 is 1.29 bits per heavy atom. The highest BCUT2D eigenvalue weighted by molar-refractivity contribution is 7.12. The van der Waals surface area contributed by atoms with Gasteiger partial charge < -0.3 is 0 Å². The predicted molar refractivity (Wildman–Crippen MR) is 75.4 cm³/mol. The van der Waals surface area contributed by atoms with E-state index >= 15 is 0 Å². The number of rotatable bonds is 0. The van der Waals surface area contributed by atoms with E-state index in [0.29, 0.717) is 0 Å². The predicted octanol–water partition coefficient (Wildman–Crippen LogP) is 4.96. The van der Waals surface area contributed by atoms with Crippen molar-refractivity contribution >= 4 is 22.7 Å². The lowest BCUT2D eigenvalue weighted by molar-refractivity contribution is 0.356. The molecule has 0 amide bonds. The summed E-state index contributed by atoms with van der Waals surface area (Å²) in [5.74, 6) is 1.66. The van der Waals surface area contributed by atoms with Gasteiger partial charge in [-0.15, -0.1) is 22.7 Å². The van der Waals surface area contributed by atoms with E-state index in [0.717, 1.165) is 11.8 Å². The highest BCUT2D eigenvalue weighted by atomic mass is 32.1. The Hall–Kier alpha value is -0.600. The summed E-state index contributed by atoms with van der Waals surface area (Å²) in [6, 6.07) is 9.53. The number of hydrogen-bond acceptors (Lipinski definition) is 2. The molecule has 2 unspecified atom stereocenters.